The van der Waals surface area contributed by atoms with Gasteiger partial charge in [-0.3, -0.25) is 4.79 Å². The van der Waals surface area contributed by atoms with Crippen molar-refractivity contribution >= 4 is 62.8 Å². The minimum absolute atomic E-state index is 0. The number of nitrogens with one attached hydrogen (secondary N) is 1. The predicted octanol–water partition coefficient (Wildman–Crippen LogP) is 4.50. The predicted molar refractivity (Wildman–Crippen MR) is 126 cm³/mol. The van der Waals surface area contributed by atoms with Crippen LogP contribution in [0.5, 0.6) is 5.75 Å². The lowest BCUT2D eigenvalue weighted by atomic mass is 10.1. The van der Waals surface area contributed by atoms with Crippen LogP contribution < -0.4 is 16.2 Å². The molecule has 0 bridgehead atoms. The van der Waals surface area contributed by atoms with Gasteiger partial charge in [0.05, 0.1) is 0 Å². The number of hydrogen-bond acceptors (Lipinski definition) is 5. The molecule has 152 valence electrons. The summed E-state index contributed by atoms with van der Waals surface area (Å²) in [7, 11) is 0. The summed E-state index contributed by atoms with van der Waals surface area (Å²) in [5.74, 6) is 0.233. The highest BCUT2D eigenvalue weighted by Gasteiger charge is 2.20. The van der Waals surface area contributed by atoms with E-state index >= 15 is 0 Å². The molecule has 5 nitrogen and oxygen atoms in total. The van der Waals surface area contributed by atoms with Gasteiger partial charge in [0.25, 0.3) is 5.56 Å². The summed E-state index contributed by atoms with van der Waals surface area (Å²) < 4.78 is 0.723. The Kier molecular flexibility index (Phi) is 6.10. The number of nitrogens with zero attached hydrogens (tertiary/aromatic N) is 1. The van der Waals surface area contributed by atoms with Gasteiger partial charge in [-0.05, 0) is 60.5 Å². The van der Waals surface area contributed by atoms with Crippen molar-refractivity contribution in [2.45, 2.75) is 12.5 Å². The fourth-order valence-electron chi connectivity index (χ4n) is 3.79. The van der Waals surface area contributed by atoms with E-state index in [0.717, 1.165) is 56.6 Å². The van der Waals surface area contributed by atoms with E-state index in [-0.39, 0.29) is 42.2 Å². The molecule has 1 aliphatic heterocycles. The lowest BCUT2D eigenvalue weighted by Gasteiger charge is -2.18. The maximum Gasteiger partial charge on any atom is 0.266 e. The first-order chi connectivity index (χ1) is 13.1. The molecule has 1 atom stereocenters. The van der Waals surface area contributed by atoms with Gasteiger partial charge in [0, 0.05) is 46.0 Å². The first-order valence-corrected chi connectivity index (χ1v) is 9.80. The van der Waals surface area contributed by atoms with E-state index in [1.165, 1.54) is 11.3 Å². The number of thiophene rings is 1. The molecule has 0 spiro atoms. The number of aromatic nitrogens is 1. The minimum atomic E-state index is -0.0662. The van der Waals surface area contributed by atoms with Crippen molar-refractivity contribution in [2.24, 2.45) is 5.73 Å². The van der Waals surface area contributed by atoms with Gasteiger partial charge in [-0.15, -0.1) is 36.2 Å². The third-order valence-corrected chi connectivity index (χ3v) is 6.40. The molecule has 1 aliphatic rings. The van der Waals surface area contributed by atoms with Crippen molar-refractivity contribution in [3.63, 3.8) is 0 Å². The molecule has 5 rings (SSSR count). The van der Waals surface area contributed by atoms with E-state index in [9.17, 15) is 9.90 Å². The molecule has 0 amide bonds. The minimum Gasteiger partial charge on any atom is -0.508 e. The highest BCUT2D eigenvalue weighted by atomic mass is 35.5. The molecule has 2 aromatic heterocycles. The maximum atomic E-state index is 12.6. The van der Waals surface area contributed by atoms with Crippen LogP contribution in [0.15, 0.2) is 53.3 Å². The molecule has 1 saturated heterocycles. The van der Waals surface area contributed by atoms with Crippen LogP contribution in [-0.2, 0) is 0 Å². The number of pyridine rings is 1. The zero-order valence-electron chi connectivity index (χ0n) is 15.4. The number of halogens is 2. The number of benzene rings is 2. The molecule has 29 heavy (non-hydrogen) atoms. The van der Waals surface area contributed by atoms with E-state index in [0.29, 0.717) is 0 Å². The van der Waals surface area contributed by atoms with E-state index in [2.05, 4.69) is 28.1 Å². The lowest BCUT2D eigenvalue weighted by molar-refractivity contribution is 0.475. The molecule has 4 aromatic rings. The Morgan fingerprint density at radius 3 is 2.52 bits per heavy atom. The molecule has 1 fully saturated rings. The molecule has 0 radical (unpaired) electrons. The highest BCUT2D eigenvalue weighted by Crippen LogP contribution is 2.36. The zero-order chi connectivity index (χ0) is 18.5. The van der Waals surface area contributed by atoms with E-state index < -0.39 is 0 Å². The average Bonchev–Trinajstić information content (AvgIpc) is 3.29. The fraction of sp³-hybridized carbons (Fsp3) is 0.190. The molecule has 0 saturated carbocycles. The van der Waals surface area contributed by atoms with Crippen molar-refractivity contribution in [1.29, 1.82) is 0 Å². The summed E-state index contributed by atoms with van der Waals surface area (Å²) in [5, 5.41) is 11.5. The summed E-state index contributed by atoms with van der Waals surface area (Å²) in [6, 6.07) is 15.5. The number of anilines is 1. The Balaban J connectivity index is 0.00000120. The third-order valence-electron chi connectivity index (χ3n) is 5.22. The molecular formula is C21H21Cl2N3O2S. The molecule has 0 aliphatic carbocycles. The van der Waals surface area contributed by atoms with Gasteiger partial charge in [0.2, 0.25) is 0 Å². The zero-order valence-corrected chi connectivity index (χ0v) is 17.9. The summed E-state index contributed by atoms with van der Waals surface area (Å²) in [4.78, 5) is 18.9. The number of aromatic amines is 1. The topological polar surface area (TPSA) is 82.3 Å². The molecular weight excluding hydrogens is 429 g/mol. The van der Waals surface area contributed by atoms with Crippen molar-refractivity contribution in [1.82, 2.24) is 4.98 Å². The van der Waals surface area contributed by atoms with E-state index in [1.807, 2.05) is 18.2 Å². The number of hydrogen-bond donors (Lipinski definition) is 3. The van der Waals surface area contributed by atoms with Crippen LogP contribution in [0.4, 0.5) is 5.69 Å². The van der Waals surface area contributed by atoms with E-state index in [4.69, 9.17) is 5.73 Å². The van der Waals surface area contributed by atoms with Gasteiger partial charge in [-0.25, -0.2) is 0 Å². The standard InChI is InChI=1S/C21H19N3O2S.2ClH/c22-13-7-8-24(11-13)14-3-6-18-16(9-14)17-10-19(27-20(17)21(26)23-18)12-1-4-15(25)5-2-12;;/h1-6,9-10,13,25H,7-8,11,22H2,(H,23,26);2*1H/t13-;;/m0../s1. The first-order valence-electron chi connectivity index (χ1n) is 8.98. The van der Waals surface area contributed by atoms with Gasteiger partial charge < -0.3 is 20.7 Å². The number of rotatable bonds is 2. The van der Waals surface area contributed by atoms with Crippen LogP contribution in [-0.4, -0.2) is 29.2 Å². The second kappa shape index (κ2) is 8.24. The van der Waals surface area contributed by atoms with Gasteiger partial charge >= 0.3 is 0 Å². The second-order valence-electron chi connectivity index (χ2n) is 7.08. The van der Waals surface area contributed by atoms with Crippen LogP contribution in [0.3, 0.4) is 0 Å². The normalized spacial score (nSPS) is 16.0. The second-order valence-corrected chi connectivity index (χ2v) is 8.13. The largest absolute Gasteiger partial charge is 0.508 e. The lowest BCUT2D eigenvalue weighted by Crippen LogP contribution is -2.26. The van der Waals surface area contributed by atoms with Crippen molar-refractivity contribution < 1.29 is 5.11 Å². The Hall–Kier alpha value is -2.25. The van der Waals surface area contributed by atoms with Gasteiger partial charge in [-0.1, -0.05) is 0 Å². The van der Waals surface area contributed by atoms with Crippen LogP contribution in [0.25, 0.3) is 31.4 Å². The van der Waals surface area contributed by atoms with Gasteiger partial charge in [0.15, 0.2) is 0 Å². The first kappa shape index (κ1) is 21.5. The number of fused-ring (bicyclic) bond motifs is 3. The molecule has 4 N–H and O–H groups in total. The van der Waals surface area contributed by atoms with Crippen molar-refractivity contribution in [3.8, 4) is 16.2 Å². The maximum absolute atomic E-state index is 12.6. The number of phenols is 1. The Morgan fingerprint density at radius 1 is 1.07 bits per heavy atom. The summed E-state index contributed by atoms with van der Waals surface area (Å²) in [6.45, 7) is 1.82. The van der Waals surface area contributed by atoms with Crippen LogP contribution >= 0.6 is 36.2 Å². The average molecular weight is 450 g/mol. The van der Waals surface area contributed by atoms with Crippen LogP contribution in [0.1, 0.15) is 6.42 Å². The quantitative estimate of drug-likeness (QED) is 0.420. The van der Waals surface area contributed by atoms with Crippen molar-refractivity contribution in [2.75, 3.05) is 18.0 Å². The van der Waals surface area contributed by atoms with Gasteiger partial charge in [-0.2, -0.15) is 0 Å². The van der Waals surface area contributed by atoms with Crippen molar-refractivity contribution in [3.05, 3.63) is 58.9 Å². The highest BCUT2D eigenvalue weighted by molar-refractivity contribution is 7.22. The number of H-pyrrole nitrogens is 1. The smallest absolute Gasteiger partial charge is 0.266 e. The van der Waals surface area contributed by atoms with Crippen LogP contribution in [0, 0.1) is 0 Å². The Morgan fingerprint density at radius 2 is 1.83 bits per heavy atom. The SMILES string of the molecule is Cl.Cl.N[C@H]1CCN(c2ccc3[nH]c(=O)c4sc(-c5ccc(O)cc5)cc4c3c2)C1. The molecule has 3 heterocycles. The Labute approximate surface area is 184 Å². The van der Waals surface area contributed by atoms with E-state index in [1.54, 1.807) is 12.1 Å². The monoisotopic (exact) mass is 449 g/mol. The molecule has 8 heteroatoms. The number of aromatic hydroxyl groups is 1. The molecule has 2 aromatic carbocycles. The number of nitrogens with two attached hydrogens (primary N) is 1. The fourth-order valence-corrected chi connectivity index (χ4v) is 4.86. The van der Waals surface area contributed by atoms with Crippen LogP contribution in [0.2, 0.25) is 0 Å². The molecule has 0 unspecified atom stereocenters. The Bertz CT molecular complexity index is 1220. The summed E-state index contributed by atoms with van der Waals surface area (Å²) in [6.07, 6.45) is 1.00. The number of phenolic OH excluding ortho intramolecular Hbond substituents is 1. The van der Waals surface area contributed by atoms with Gasteiger partial charge in [0.1, 0.15) is 10.4 Å². The third kappa shape index (κ3) is 3.81. The summed E-state index contributed by atoms with van der Waals surface area (Å²) >= 11 is 1.48. The summed E-state index contributed by atoms with van der Waals surface area (Å²) in [5.41, 5.74) is 8.96.